The molecule has 1 aromatic rings. The summed E-state index contributed by atoms with van der Waals surface area (Å²) < 4.78 is 26.6. The van der Waals surface area contributed by atoms with Crippen LogP contribution in [-0.4, -0.2) is 44.5 Å². The topological polar surface area (TPSA) is 82.3 Å². The third-order valence-electron chi connectivity index (χ3n) is 3.14. The van der Waals surface area contributed by atoms with Crippen molar-refractivity contribution in [3.63, 3.8) is 0 Å². The van der Waals surface area contributed by atoms with E-state index in [2.05, 4.69) is 35.5 Å². The highest BCUT2D eigenvalue weighted by atomic mass is 32.2. The summed E-state index contributed by atoms with van der Waals surface area (Å²) in [4.78, 5) is 15.5. The Morgan fingerprint density at radius 2 is 2.00 bits per heavy atom. The van der Waals surface area contributed by atoms with E-state index < -0.39 is 10.0 Å². The minimum absolute atomic E-state index is 0.0850. The van der Waals surface area contributed by atoms with Gasteiger partial charge in [-0.15, -0.1) is 0 Å². The van der Waals surface area contributed by atoms with Crippen LogP contribution in [-0.2, 0) is 10.0 Å². The molecule has 1 heterocycles. The Bertz CT molecular complexity index is 575. The molecule has 0 amide bonds. The Morgan fingerprint density at radius 1 is 1.35 bits per heavy atom. The monoisotopic (exact) mass is 321 g/mol. The number of nitrogens with zero attached hydrogens (tertiary/aromatic N) is 1. The molecular weight excluding hydrogens is 298 g/mol. The highest BCUT2D eigenvalue weighted by Gasteiger charge is 2.19. The summed E-state index contributed by atoms with van der Waals surface area (Å²) in [6, 6.07) is 0.492. The molecule has 0 aliphatic rings. The number of unbranched alkanes of at least 4 members (excludes halogenated alkanes) is 1. The Kier molecular flexibility index (Phi) is 6.38. The van der Waals surface area contributed by atoms with E-state index in [4.69, 9.17) is 0 Å². The minimum Gasteiger partial charge on any atom is -0.315 e. The second-order valence-electron chi connectivity index (χ2n) is 5.11. The Morgan fingerprint density at radius 3 is 2.50 bits per heavy atom. The van der Waals surface area contributed by atoms with Gasteiger partial charge in [-0.1, -0.05) is 11.3 Å². The predicted molar refractivity (Wildman–Crippen MR) is 81.9 cm³/mol. The molecule has 0 saturated heterocycles. The van der Waals surface area contributed by atoms with Crippen molar-refractivity contribution in [2.45, 2.75) is 43.9 Å². The number of rotatable bonds is 8. The Hall–Kier alpha value is -0.700. The van der Waals surface area contributed by atoms with Gasteiger partial charge >= 0.3 is 4.87 Å². The summed E-state index contributed by atoms with van der Waals surface area (Å²) in [5.41, 5.74) is 0.395. The van der Waals surface area contributed by atoms with Crippen LogP contribution in [0.15, 0.2) is 9.00 Å². The summed E-state index contributed by atoms with van der Waals surface area (Å²) in [5, 5.41) is 0. The second-order valence-corrected chi connectivity index (χ2v) is 8.05. The molecule has 1 rings (SSSR count). The van der Waals surface area contributed by atoms with E-state index in [0.717, 1.165) is 30.7 Å². The molecule has 0 atom stereocenters. The van der Waals surface area contributed by atoms with Crippen molar-refractivity contribution < 1.29 is 8.42 Å². The van der Waals surface area contributed by atoms with E-state index in [1.165, 1.54) is 0 Å². The summed E-state index contributed by atoms with van der Waals surface area (Å²) in [6.45, 7) is 7.17. The number of thiazole rings is 1. The van der Waals surface area contributed by atoms with Crippen LogP contribution in [0.1, 0.15) is 32.4 Å². The molecule has 20 heavy (non-hydrogen) atoms. The zero-order valence-corrected chi connectivity index (χ0v) is 14.0. The molecule has 0 unspecified atom stereocenters. The number of aromatic nitrogens is 1. The number of aromatic amines is 1. The lowest BCUT2D eigenvalue weighted by Crippen LogP contribution is -2.29. The van der Waals surface area contributed by atoms with Gasteiger partial charge in [0, 0.05) is 18.3 Å². The first kappa shape index (κ1) is 17.4. The molecular formula is C12H23N3O3S2. The van der Waals surface area contributed by atoms with Crippen LogP contribution in [0.25, 0.3) is 0 Å². The lowest BCUT2D eigenvalue weighted by molar-refractivity contribution is 0.268. The summed E-state index contributed by atoms with van der Waals surface area (Å²) in [5.74, 6) is 0. The first-order valence-corrected chi connectivity index (χ1v) is 8.93. The molecule has 0 aromatic carbocycles. The predicted octanol–water partition coefficient (Wildman–Crippen LogP) is 1.14. The van der Waals surface area contributed by atoms with Crippen LogP contribution >= 0.6 is 11.3 Å². The van der Waals surface area contributed by atoms with Gasteiger partial charge in [0.1, 0.15) is 0 Å². The average molecular weight is 321 g/mol. The van der Waals surface area contributed by atoms with Crippen molar-refractivity contribution in [1.82, 2.24) is 14.6 Å². The van der Waals surface area contributed by atoms with Gasteiger partial charge < -0.3 is 9.88 Å². The largest absolute Gasteiger partial charge is 0.315 e. The maximum absolute atomic E-state index is 12.0. The van der Waals surface area contributed by atoms with Crippen molar-refractivity contribution in [3.05, 3.63) is 15.4 Å². The number of nitrogens with one attached hydrogen (secondary N) is 2. The van der Waals surface area contributed by atoms with Crippen molar-refractivity contribution >= 4 is 21.4 Å². The number of hydrogen-bond donors (Lipinski definition) is 2. The summed E-state index contributed by atoms with van der Waals surface area (Å²) in [7, 11) is -1.51. The van der Waals surface area contributed by atoms with Gasteiger partial charge in [-0.25, -0.2) is 13.1 Å². The SMILES string of the molecule is Cc1[nH]c(=O)sc1S(=O)(=O)NCCCCN(C)C(C)C. The highest BCUT2D eigenvalue weighted by Crippen LogP contribution is 2.15. The molecule has 0 bridgehead atoms. The van der Waals surface area contributed by atoms with Gasteiger partial charge in [0.05, 0.1) is 0 Å². The molecule has 8 heteroatoms. The van der Waals surface area contributed by atoms with Crippen molar-refractivity contribution in [3.8, 4) is 0 Å². The molecule has 0 aliphatic heterocycles. The zero-order chi connectivity index (χ0) is 15.3. The summed E-state index contributed by atoms with van der Waals surface area (Å²) >= 11 is 0.724. The molecule has 2 N–H and O–H groups in total. The molecule has 0 fully saturated rings. The van der Waals surface area contributed by atoms with Gasteiger partial charge in [-0.05, 0) is 47.2 Å². The normalized spacial score (nSPS) is 12.5. The number of sulfonamides is 1. The van der Waals surface area contributed by atoms with Gasteiger partial charge in [-0.3, -0.25) is 4.79 Å². The van der Waals surface area contributed by atoms with Gasteiger partial charge in [0.15, 0.2) is 4.21 Å². The van der Waals surface area contributed by atoms with Crippen LogP contribution in [0.4, 0.5) is 0 Å². The van der Waals surface area contributed by atoms with E-state index in [-0.39, 0.29) is 9.08 Å². The van der Waals surface area contributed by atoms with Crippen LogP contribution in [0, 0.1) is 6.92 Å². The molecule has 6 nitrogen and oxygen atoms in total. The fourth-order valence-electron chi connectivity index (χ4n) is 1.66. The maximum atomic E-state index is 12.0. The van der Waals surface area contributed by atoms with Crippen LogP contribution < -0.4 is 9.60 Å². The van der Waals surface area contributed by atoms with Crippen molar-refractivity contribution in [2.75, 3.05) is 20.1 Å². The number of H-pyrrole nitrogens is 1. The van der Waals surface area contributed by atoms with Gasteiger partial charge in [0.2, 0.25) is 0 Å². The van der Waals surface area contributed by atoms with E-state index in [9.17, 15) is 13.2 Å². The maximum Gasteiger partial charge on any atom is 0.305 e. The van der Waals surface area contributed by atoms with Gasteiger partial charge in [-0.2, -0.15) is 0 Å². The molecule has 116 valence electrons. The molecule has 0 radical (unpaired) electrons. The van der Waals surface area contributed by atoms with Crippen LogP contribution in [0.5, 0.6) is 0 Å². The van der Waals surface area contributed by atoms with Crippen LogP contribution in [0.3, 0.4) is 0 Å². The van der Waals surface area contributed by atoms with E-state index in [1.54, 1.807) is 6.92 Å². The quantitative estimate of drug-likeness (QED) is 0.704. The van der Waals surface area contributed by atoms with E-state index in [1.807, 2.05) is 0 Å². The number of aryl methyl sites for hydroxylation is 1. The fourth-order valence-corrected chi connectivity index (χ4v) is 4.08. The zero-order valence-electron chi connectivity index (χ0n) is 12.4. The molecule has 1 aromatic heterocycles. The van der Waals surface area contributed by atoms with E-state index >= 15 is 0 Å². The molecule has 0 saturated carbocycles. The standard InChI is InChI=1S/C12H23N3O3S2/c1-9(2)15(4)8-6-5-7-13-20(17,18)11-10(3)14-12(16)19-11/h9,13H,5-8H2,1-4H3,(H,14,16). The molecule has 0 spiro atoms. The molecule has 0 aliphatic carbocycles. The van der Waals surface area contributed by atoms with Gasteiger partial charge in [0.25, 0.3) is 10.0 Å². The first-order valence-electron chi connectivity index (χ1n) is 6.63. The van der Waals surface area contributed by atoms with Crippen molar-refractivity contribution in [1.29, 1.82) is 0 Å². The minimum atomic E-state index is -3.56. The fraction of sp³-hybridized carbons (Fsp3) is 0.750. The average Bonchev–Trinajstić information content (AvgIpc) is 2.68. The Labute approximate surface area is 124 Å². The third kappa shape index (κ3) is 5.01. The smallest absolute Gasteiger partial charge is 0.305 e. The number of hydrogen-bond acceptors (Lipinski definition) is 5. The first-order chi connectivity index (χ1) is 9.24. The second kappa shape index (κ2) is 7.35. The van der Waals surface area contributed by atoms with Crippen LogP contribution in [0.2, 0.25) is 0 Å². The highest BCUT2D eigenvalue weighted by molar-refractivity contribution is 7.91. The Balaban J connectivity index is 2.42. The lowest BCUT2D eigenvalue weighted by atomic mass is 10.2. The lowest BCUT2D eigenvalue weighted by Gasteiger charge is -2.20. The third-order valence-corrected chi connectivity index (χ3v) is 6.20. The summed E-state index contributed by atoms with van der Waals surface area (Å²) in [6.07, 6.45) is 1.70. The van der Waals surface area contributed by atoms with Crippen molar-refractivity contribution in [2.24, 2.45) is 0 Å². The van der Waals surface area contributed by atoms with E-state index in [0.29, 0.717) is 18.3 Å².